The van der Waals surface area contributed by atoms with Crippen LogP contribution in [0.4, 0.5) is 0 Å². The minimum absolute atomic E-state index is 0.297. The molecule has 1 amide bonds. The molecule has 1 aromatic rings. The van der Waals surface area contributed by atoms with Crippen LogP contribution >= 0.6 is 0 Å². The molecule has 2 aliphatic rings. The number of fused-ring (bicyclic) bond motifs is 1. The number of carbonyl (C=O) groups excluding carboxylic acids is 2. The number of hydrogen-bond donors (Lipinski definition) is 1. The van der Waals surface area contributed by atoms with Crippen LogP contribution in [0, 0.1) is 0 Å². The molecule has 1 aliphatic heterocycles. The van der Waals surface area contributed by atoms with Crippen molar-refractivity contribution in [2.45, 2.75) is 45.1 Å². The minimum atomic E-state index is -0.864. The molecule has 0 fully saturated rings. The molecule has 7 heteroatoms. The second kappa shape index (κ2) is 10.7. The Labute approximate surface area is 177 Å². The molecule has 0 spiro atoms. The largest absolute Gasteiger partial charge is 0.493 e. The third-order valence-corrected chi connectivity index (χ3v) is 5.05. The number of ether oxygens (including phenoxy) is 4. The Kier molecular flexibility index (Phi) is 7.76. The fourth-order valence-electron chi connectivity index (χ4n) is 3.44. The van der Waals surface area contributed by atoms with Crippen molar-refractivity contribution in [1.29, 1.82) is 0 Å². The number of rotatable bonds is 8. The third-order valence-electron chi connectivity index (χ3n) is 5.05. The van der Waals surface area contributed by atoms with E-state index in [0.717, 1.165) is 19.3 Å². The van der Waals surface area contributed by atoms with Gasteiger partial charge in [-0.25, -0.2) is 4.79 Å². The maximum Gasteiger partial charge on any atom is 0.331 e. The molecular weight excluding hydrogens is 386 g/mol. The number of hydrogen-bond acceptors (Lipinski definition) is 6. The van der Waals surface area contributed by atoms with Crippen LogP contribution in [0.2, 0.25) is 0 Å². The van der Waals surface area contributed by atoms with Gasteiger partial charge in [0.1, 0.15) is 13.2 Å². The van der Waals surface area contributed by atoms with Crippen molar-refractivity contribution in [3.63, 3.8) is 0 Å². The standard InChI is InChI=1S/C23H29NO6/c1-16(23(26)24-11-10-17-6-4-3-5-7-17)30-21(25)9-8-18-14-19(27-2)22-20(15-18)28-12-13-29-22/h6,8-9,14-16H,3-5,7,10-13H2,1-2H3,(H,24,26)/b9-8+/t16-/m1/s1. The molecular formula is C23H29NO6. The first-order valence-corrected chi connectivity index (χ1v) is 10.4. The molecule has 0 aromatic heterocycles. The Balaban J connectivity index is 1.48. The number of nitrogens with one attached hydrogen (secondary N) is 1. The van der Waals surface area contributed by atoms with Gasteiger partial charge in [-0.2, -0.15) is 0 Å². The fourth-order valence-corrected chi connectivity index (χ4v) is 3.44. The van der Waals surface area contributed by atoms with Crippen LogP contribution in [0.3, 0.4) is 0 Å². The number of carbonyl (C=O) groups is 2. The van der Waals surface area contributed by atoms with E-state index >= 15 is 0 Å². The van der Waals surface area contributed by atoms with Crippen molar-refractivity contribution in [3.8, 4) is 17.2 Å². The molecule has 1 heterocycles. The number of benzene rings is 1. The highest BCUT2D eigenvalue weighted by Crippen LogP contribution is 2.40. The summed E-state index contributed by atoms with van der Waals surface area (Å²) in [4.78, 5) is 24.3. The lowest BCUT2D eigenvalue weighted by molar-refractivity contribution is -0.150. The SMILES string of the molecule is COc1cc(/C=C/C(=O)O[C@H](C)C(=O)NCCC2=CCCCC2)cc2c1OCCO2. The maximum absolute atomic E-state index is 12.2. The molecule has 0 radical (unpaired) electrons. The summed E-state index contributed by atoms with van der Waals surface area (Å²) in [6, 6.07) is 3.50. The fraction of sp³-hybridized carbons (Fsp3) is 0.478. The van der Waals surface area contributed by atoms with Crippen LogP contribution in [0.25, 0.3) is 6.08 Å². The van der Waals surface area contributed by atoms with Crippen LogP contribution in [-0.2, 0) is 14.3 Å². The second-order valence-electron chi connectivity index (χ2n) is 7.31. The van der Waals surface area contributed by atoms with E-state index in [1.807, 2.05) is 0 Å². The molecule has 0 unspecified atom stereocenters. The Hall–Kier alpha value is -2.96. The lowest BCUT2D eigenvalue weighted by Gasteiger charge is -2.20. The molecule has 0 bridgehead atoms. The molecule has 0 saturated heterocycles. The summed E-state index contributed by atoms with van der Waals surface area (Å²) in [5.41, 5.74) is 2.09. The smallest absolute Gasteiger partial charge is 0.331 e. The zero-order valence-electron chi connectivity index (χ0n) is 17.6. The molecule has 7 nitrogen and oxygen atoms in total. The molecule has 1 atom stereocenters. The second-order valence-corrected chi connectivity index (χ2v) is 7.31. The monoisotopic (exact) mass is 415 g/mol. The maximum atomic E-state index is 12.2. The predicted octanol–water partition coefficient (Wildman–Crippen LogP) is 3.42. The van der Waals surface area contributed by atoms with Crippen molar-refractivity contribution < 1.29 is 28.5 Å². The van der Waals surface area contributed by atoms with Gasteiger partial charge in [0.2, 0.25) is 5.75 Å². The third kappa shape index (κ3) is 6.02. The molecule has 3 rings (SSSR count). The highest BCUT2D eigenvalue weighted by molar-refractivity contribution is 5.90. The van der Waals surface area contributed by atoms with Gasteiger partial charge in [0.05, 0.1) is 7.11 Å². The topological polar surface area (TPSA) is 83.1 Å². The van der Waals surface area contributed by atoms with E-state index in [2.05, 4.69) is 11.4 Å². The van der Waals surface area contributed by atoms with E-state index in [-0.39, 0.29) is 5.91 Å². The van der Waals surface area contributed by atoms with E-state index in [1.54, 1.807) is 32.2 Å². The van der Waals surface area contributed by atoms with Crippen LogP contribution in [0.5, 0.6) is 17.2 Å². The van der Waals surface area contributed by atoms with Gasteiger partial charge in [0, 0.05) is 12.6 Å². The normalized spacial score (nSPS) is 16.5. The lowest BCUT2D eigenvalue weighted by atomic mass is 9.97. The Morgan fingerprint density at radius 3 is 2.83 bits per heavy atom. The van der Waals surface area contributed by atoms with E-state index in [4.69, 9.17) is 18.9 Å². The van der Waals surface area contributed by atoms with E-state index in [1.165, 1.54) is 24.5 Å². The zero-order valence-corrected chi connectivity index (χ0v) is 17.6. The number of methoxy groups -OCH3 is 1. The number of esters is 1. The molecule has 162 valence electrons. The summed E-state index contributed by atoms with van der Waals surface area (Å²) in [6.07, 6.45) is 9.80. The molecule has 30 heavy (non-hydrogen) atoms. The minimum Gasteiger partial charge on any atom is -0.493 e. The van der Waals surface area contributed by atoms with Crippen LogP contribution in [0.15, 0.2) is 29.9 Å². The van der Waals surface area contributed by atoms with Gasteiger partial charge in [-0.3, -0.25) is 4.79 Å². The van der Waals surface area contributed by atoms with Crippen molar-refractivity contribution in [2.75, 3.05) is 26.9 Å². The Morgan fingerprint density at radius 2 is 2.07 bits per heavy atom. The number of amides is 1. The van der Waals surface area contributed by atoms with E-state index in [0.29, 0.717) is 42.6 Å². The Morgan fingerprint density at radius 1 is 1.23 bits per heavy atom. The summed E-state index contributed by atoms with van der Waals surface area (Å²) < 4.78 is 21.7. The zero-order chi connectivity index (χ0) is 21.3. The lowest BCUT2D eigenvalue weighted by Crippen LogP contribution is -2.36. The van der Waals surface area contributed by atoms with Crippen molar-refractivity contribution in [3.05, 3.63) is 35.4 Å². The van der Waals surface area contributed by atoms with Gasteiger partial charge in [-0.1, -0.05) is 11.6 Å². The quantitative estimate of drug-likeness (QED) is 0.398. The number of allylic oxidation sites excluding steroid dienone is 1. The first-order valence-electron chi connectivity index (χ1n) is 10.4. The molecule has 0 saturated carbocycles. The summed E-state index contributed by atoms with van der Waals surface area (Å²) in [6.45, 7) is 3.03. The molecule has 1 aliphatic carbocycles. The van der Waals surface area contributed by atoms with Gasteiger partial charge >= 0.3 is 5.97 Å². The van der Waals surface area contributed by atoms with Crippen LogP contribution in [-0.4, -0.2) is 44.8 Å². The van der Waals surface area contributed by atoms with E-state index < -0.39 is 12.1 Å². The van der Waals surface area contributed by atoms with Crippen LogP contribution in [0.1, 0.15) is 44.6 Å². The van der Waals surface area contributed by atoms with Crippen molar-refractivity contribution in [2.24, 2.45) is 0 Å². The van der Waals surface area contributed by atoms with Gasteiger partial charge in [-0.15, -0.1) is 0 Å². The van der Waals surface area contributed by atoms with Crippen molar-refractivity contribution >= 4 is 18.0 Å². The molecule has 1 aromatic carbocycles. The van der Waals surface area contributed by atoms with Crippen LogP contribution < -0.4 is 19.5 Å². The first kappa shape index (κ1) is 21.7. The Bertz CT molecular complexity index is 812. The van der Waals surface area contributed by atoms with Gasteiger partial charge < -0.3 is 24.3 Å². The average Bonchev–Trinajstić information content (AvgIpc) is 2.77. The molecule has 1 N–H and O–H groups in total. The highest BCUT2D eigenvalue weighted by atomic mass is 16.6. The highest BCUT2D eigenvalue weighted by Gasteiger charge is 2.19. The van der Waals surface area contributed by atoms with Gasteiger partial charge in [-0.05, 0) is 62.8 Å². The summed E-state index contributed by atoms with van der Waals surface area (Å²) in [5, 5.41) is 2.83. The average molecular weight is 415 g/mol. The first-order chi connectivity index (χ1) is 14.6. The van der Waals surface area contributed by atoms with E-state index in [9.17, 15) is 9.59 Å². The summed E-state index contributed by atoms with van der Waals surface area (Å²) >= 11 is 0. The predicted molar refractivity (Wildman–Crippen MR) is 113 cm³/mol. The summed E-state index contributed by atoms with van der Waals surface area (Å²) in [5.74, 6) is 0.754. The van der Waals surface area contributed by atoms with Crippen molar-refractivity contribution in [1.82, 2.24) is 5.32 Å². The van der Waals surface area contributed by atoms with Gasteiger partial charge in [0.15, 0.2) is 17.6 Å². The summed E-state index contributed by atoms with van der Waals surface area (Å²) in [7, 11) is 1.54. The van der Waals surface area contributed by atoms with Gasteiger partial charge in [0.25, 0.3) is 5.91 Å².